The number of benzene rings is 1. The van der Waals surface area contributed by atoms with Crippen molar-refractivity contribution in [2.24, 2.45) is 5.84 Å². The Bertz CT molecular complexity index is 518. The van der Waals surface area contributed by atoms with Crippen molar-refractivity contribution < 1.29 is 14.5 Å². The van der Waals surface area contributed by atoms with E-state index >= 15 is 0 Å². The zero-order chi connectivity index (χ0) is 15.3. The highest BCUT2D eigenvalue weighted by Gasteiger charge is 2.21. The molecule has 0 aromatic heterocycles. The SMILES string of the molecule is COCCN(C)C(=O)c1cc([N+](=O)[O-])c(NN)cc1C. The molecule has 8 nitrogen and oxygen atoms in total. The number of aryl methyl sites for hydroxylation is 1. The molecule has 0 saturated carbocycles. The van der Waals surface area contributed by atoms with Crippen molar-refractivity contribution in [2.75, 3.05) is 32.7 Å². The molecular weight excluding hydrogens is 264 g/mol. The second-order valence-corrected chi connectivity index (χ2v) is 4.31. The summed E-state index contributed by atoms with van der Waals surface area (Å²) in [5.74, 6) is 4.94. The molecule has 0 aliphatic heterocycles. The normalized spacial score (nSPS) is 10.2. The van der Waals surface area contributed by atoms with Gasteiger partial charge in [-0.3, -0.25) is 20.8 Å². The second kappa shape index (κ2) is 6.83. The number of hydrogen-bond acceptors (Lipinski definition) is 6. The predicted octanol–water partition coefficient (Wildman–Crippen LogP) is 0.907. The van der Waals surface area contributed by atoms with Crippen LogP contribution >= 0.6 is 0 Å². The van der Waals surface area contributed by atoms with Gasteiger partial charge in [-0.25, -0.2) is 0 Å². The Morgan fingerprint density at radius 3 is 2.70 bits per heavy atom. The van der Waals surface area contributed by atoms with E-state index in [2.05, 4.69) is 5.43 Å². The Kier molecular flexibility index (Phi) is 5.42. The van der Waals surface area contributed by atoms with Crippen molar-refractivity contribution in [2.45, 2.75) is 6.92 Å². The summed E-state index contributed by atoms with van der Waals surface area (Å²) in [5.41, 5.74) is 3.08. The molecule has 1 rings (SSSR count). The largest absolute Gasteiger partial charge is 0.383 e. The number of carbonyl (C=O) groups excluding carboxylic acids is 1. The highest BCUT2D eigenvalue weighted by Crippen LogP contribution is 2.28. The number of nitro groups is 1. The first kappa shape index (κ1) is 15.9. The summed E-state index contributed by atoms with van der Waals surface area (Å²) in [7, 11) is 3.15. The molecule has 0 radical (unpaired) electrons. The van der Waals surface area contributed by atoms with Crippen molar-refractivity contribution in [3.05, 3.63) is 33.4 Å². The van der Waals surface area contributed by atoms with Gasteiger partial charge < -0.3 is 15.1 Å². The quantitative estimate of drug-likeness (QED) is 0.455. The van der Waals surface area contributed by atoms with E-state index in [0.717, 1.165) is 0 Å². The van der Waals surface area contributed by atoms with Gasteiger partial charge in [0.25, 0.3) is 11.6 Å². The maximum Gasteiger partial charge on any atom is 0.294 e. The molecule has 1 aromatic carbocycles. The first-order chi connectivity index (χ1) is 9.42. The van der Waals surface area contributed by atoms with E-state index in [-0.39, 0.29) is 22.8 Å². The summed E-state index contributed by atoms with van der Waals surface area (Å²) < 4.78 is 4.90. The van der Waals surface area contributed by atoms with Crippen molar-refractivity contribution in [3.8, 4) is 0 Å². The number of nitro benzene ring substituents is 1. The fourth-order valence-electron chi connectivity index (χ4n) is 1.73. The summed E-state index contributed by atoms with van der Waals surface area (Å²) in [6.07, 6.45) is 0. The summed E-state index contributed by atoms with van der Waals surface area (Å²) in [4.78, 5) is 24.1. The monoisotopic (exact) mass is 282 g/mol. The number of amides is 1. The van der Waals surface area contributed by atoms with Gasteiger partial charge in [0.05, 0.1) is 11.5 Å². The Balaban J connectivity index is 3.15. The molecule has 0 atom stereocenters. The molecule has 0 heterocycles. The number of hydrogen-bond donors (Lipinski definition) is 2. The lowest BCUT2D eigenvalue weighted by Crippen LogP contribution is -2.30. The number of nitrogens with two attached hydrogens (primary N) is 1. The van der Waals surface area contributed by atoms with Crippen molar-refractivity contribution >= 4 is 17.3 Å². The molecule has 20 heavy (non-hydrogen) atoms. The molecule has 0 saturated heterocycles. The number of rotatable bonds is 6. The first-order valence-electron chi connectivity index (χ1n) is 5.92. The molecule has 0 aliphatic carbocycles. The molecule has 110 valence electrons. The standard InChI is InChI=1S/C12H18N4O4/c1-8-6-10(14-13)11(16(18)19)7-9(8)12(17)15(2)4-5-20-3/h6-7,14H,4-5,13H2,1-3H3. The van der Waals surface area contributed by atoms with Crippen LogP contribution in [0, 0.1) is 17.0 Å². The van der Waals surface area contributed by atoms with E-state index in [9.17, 15) is 14.9 Å². The van der Waals surface area contributed by atoms with Crippen LogP contribution in [0.25, 0.3) is 0 Å². The van der Waals surface area contributed by atoms with E-state index < -0.39 is 4.92 Å². The lowest BCUT2D eigenvalue weighted by Gasteiger charge is -2.18. The van der Waals surface area contributed by atoms with Gasteiger partial charge >= 0.3 is 0 Å². The van der Waals surface area contributed by atoms with Crippen LogP contribution in [0.2, 0.25) is 0 Å². The van der Waals surface area contributed by atoms with Gasteiger partial charge in [-0.2, -0.15) is 0 Å². The Labute approximate surface area is 116 Å². The molecule has 1 aromatic rings. The fourth-order valence-corrected chi connectivity index (χ4v) is 1.73. The number of nitrogens with zero attached hydrogens (tertiary/aromatic N) is 2. The molecular formula is C12H18N4O4. The van der Waals surface area contributed by atoms with E-state index in [1.165, 1.54) is 24.1 Å². The number of anilines is 1. The van der Waals surface area contributed by atoms with Gasteiger partial charge in [0.15, 0.2) is 0 Å². The lowest BCUT2D eigenvalue weighted by atomic mass is 10.1. The van der Waals surface area contributed by atoms with Gasteiger partial charge in [0, 0.05) is 32.3 Å². The van der Waals surface area contributed by atoms with Crippen molar-refractivity contribution in [1.29, 1.82) is 0 Å². The van der Waals surface area contributed by atoms with Gasteiger partial charge in [0.1, 0.15) is 5.69 Å². The number of nitrogens with one attached hydrogen (secondary N) is 1. The van der Waals surface area contributed by atoms with E-state index in [1.807, 2.05) is 0 Å². The lowest BCUT2D eigenvalue weighted by molar-refractivity contribution is -0.384. The zero-order valence-corrected chi connectivity index (χ0v) is 11.7. The summed E-state index contributed by atoms with van der Waals surface area (Å²) >= 11 is 0. The number of hydrazine groups is 1. The molecule has 8 heteroatoms. The van der Waals surface area contributed by atoms with Crippen LogP contribution in [0.3, 0.4) is 0 Å². The minimum atomic E-state index is -0.583. The molecule has 0 fully saturated rings. The second-order valence-electron chi connectivity index (χ2n) is 4.31. The number of carbonyl (C=O) groups is 1. The molecule has 0 aliphatic rings. The smallest absolute Gasteiger partial charge is 0.294 e. The van der Waals surface area contributed by atoms with Crippen LogP contribution in [-0.2, 0) is 4.74 Å². The predicted molar refractivity (Wildman–Crippen MR) is 74.5 cm³/mol. The summed E-state index contributed by atoms with van der Waals surface area (Å²) in [6.45, 7) is 2.49. The topological polar surface area (TPSA) is 111 Å². The van der Waals surface area contributed by atoms with E-state index in [1.54, 1.807) is 14.0 Å². The summed E-state index contributed by atoms with van der Waals surface area (Å²) in [6, 6.07) is 2.71. The van der Waals surface area contributed by atoms with E-state index in [0.29, 0.717) is 18.7 Å². The Morgan fingerprint density at radius 1 is 1.55 bits per heavy atom. The van der Waals surface area contributed by atoms with Crippen LogP contribution in [-0.4, -0.2) is 43.0 Å². The van der Waals surface area contributed by atoms with Gasteiger partial charge in [0.2, 0.25) is 0 Å². The molecule has 1 amide bonds. The molecule has 0 unspecified atom stereocenters. The van der Waals surface area contributed by atoms with Crippen molar-refractivity contribution in [3.63, 3.8) is 0 Å². The minimum absolute atomic E-state index is 0.170. The number of methoxy groups -OCH3 is 1. The maximum atomic E-state index is 12.2. The van der Waals surface area contributed by atoms with Crippen LogP contribution in [0.5, 0.6) is 0 Å². The third kappa shape index (κ3) is 3.43. The third-order valence-electron chi connectivity index (χ3n) is 2.90. The van der Waals surface area contributed by atoms with Crippen molar-refractivity contribution in [1.82, 2.24) is 4.90 Å². The first-order valence-corrected chi connectivity index (χ1v) is 5.92. The van der Waals surface area contributed by atoms with Crippen LogP contribution in [0.15, 0.2) is 12.1 Å². The van der Waals surface area contributed by atoms with E-state index in [4.69, 9.17) is 10.6 Å². The van der Waals surface area contributed by atoms with Crippen LogP contribution < -0.4 is 11.3 Å². The number of ether oxygens (including phenoxy) is 1. The Hall–Kier alpha value is -2.19. The fraction of sp³-hybridized carbons (Fsp3) is 0.417. The average Bonchev–Trinajstić information content (AvgIpc) is 2.43. The number of nitrogen functional groups attached to an aromatic ring is 1. The maximum absolute atomic E-state index is 12.2. The zero-order valence-electron chi connectivity index (χ0n) is 11.7. The van der Waals surface area contributed by atoms with Gasteiger partial charge in [-0.15, -0.1) is 0 Å². The molecule has 0 bridgehead atoms. The van der Waals surface area contributed by atoms with Gasteiger partial charge in [-0.1, -0.05) is 0 Å². The minimum Gasteiger partial charge on any atom is -0.383 e. The van der Waals surface area contributed by atoms with Crippen LogP contribution in [0.1, 0.15) is 15.9 Å². The van der Waals surface area contributed by atoms with Crippen LogP contribution in [0.4, 0.5) is 11.4 Å². The average molecular weight is 282 g/mol. The Morgan fingerprint density at radius 2 is 2.20 bits per heavy atom. The molecule has 0 spiro atoms. The number of likely N-dealkylation sites (N-methyl/N-ethyl adjacent to an activating group) is 1. The highest BCUT2D eigenvalue weighted by molar-refractivity contribution is 5.97. The summed E-state index contributed by atoms with van der Waals surface area (Å²) in [5, 5.41) is 11.0. The highest BCUT2D eigenvalue weighted by atomic mass is 16.6. The van der Waals surface area contributed by atoms with Gasteiger partial charge in [-0.05, 0) is 18.6 Å². The third-order valence-corrected chi connectivity index (χ3v) is 2.90. The molecule has 3 N–H and O–H groups in total.